The molecular formula is C19H26O2. The molecular weight excluding hydrogens is 260 g/mol. The maximum Gasteiger partial charge on any atom is 0.133 e. The highest BCUT2D eigenvalue weighted by Gasteiger charge is 2.47. The molecule has 0 spiro atoms. The first-order valence-electron chi connectivity index (χ1n) is 8.27. The summed E-state index contributed by atoms with van der Waals surface area (Å²) in [6, 6.07) is 0. The van der Waals surface area contributed by atoms with E-state index in [1.807, 2.05) is 0 Å². The highest BCUT2D eigenvalue weighted by atomic mass is 16.5. The van der Waals surface area contributed by atoms with Crippen molar-refractivity contribution in [1.82, 2.24) is 0 Å². The molecule has 21 heavy (non-hydrogen) atoms. The van der Waals surface area contributed by atoms with Gasteiger partial charge in [-0.25, -0.2) is 0 Å². The molecule has 0 N–H and O–H groups in total. The molecule has 0 radical (unpaired) electrons. The van der Waals surface area contributed by atoms with Gasteiger partial charge in [0, 0.05) is 19.3 Å². The van der Waals surface area contributed by atoms with E-state index in [1.54, 1.807) is 18.3 Å². The van der Waals surface area contributed by atoms with E-state index in [1.165, 1.54) is 6.42 Å². The zero-order valence-corrected chi connectivity index (χ0v) is 13.3. The van der Waals surface area contributed by atoms with Crippen LogP contribution < -0.4 is 0 Å². The van der Waals surface area contributed by atoms with E-state index in [0.717, 1.165) is 50.7 Å². The van der Waals surface area contributed by atoms with Crippen LogP contribution in [0, 0.1) is 11.3 Å². The Morgan fingerprint density at radius 3 is 3.05 bits per heavy atom. The lowest BCUT2D eigenvalue weighted by Crippen LogP contribution is -2.41. The molecule has 0 aromatic heterocycles. The van der Waals surface area contributed by atoms with Crippen molar-refractivity contribution in [1.29, 1.82) is 0 Å². The van der Waals surface area contributed by atoms with Gasteiger partial charge in [-0.15, -0.1) is 0 Å². The summed E-state index contributed by atoms with van der Waals surface area (Å²) < 4.78 is 5.47. The topological polar surface area (TPSA) is 26.3 Å². The fourth-order valence-corrected chi connectivity index (χ4v) is 4.68. The molecule has 1 saturated carbocycles. The van der Waals surface area contributed by atoms with Crippen molar-refractivity contribution in [2.45, 2.75) is 58.3 Å². The van der Waals surface area contributed by atoms with Gasteiger partial charge < -0.3 is 4.74 Å². The minimum Gasteiger partial charge on any atom is -0.501 e. The third kappa shape index (κ3) is 2.49. The highest BCUT2D eigenvalue weighted by molar-refractivity contribution is 5.80. The summed E-state index contributed by atoms with van der Waals surface area (Å²) in [5.74, 6) is 2.16. The average molecular weight is 286 g/mol. The monoisotopic (exact) mass is 286 g/mol. The van der Waals surface area contributed by atoms with E-state index in [9.17, 15) is 4.79 Å². The maximum atomic E-state index is 11.9. The normalized spacial score (nSPS) is 32.8. The number of allylic oxidation sites excluding steroid dienone is 5. The number of ether oxygens (including phenoxy) is 1. The van der Waals surface area contributed by atoms with Crippen molar-refractivity contribution in [3.8, 4) is 0 Å². The standard InChI is InChI=1S/C19H26O2/c1-3-4-10-19-11-9-16(20)13-15(19)6-5-14-12-17(21-2)7-8-18(14)19/h3-4,7,15H,5-6,8-13H2,1-2H3/b4-3+/t15-,19-/m1/s1. The molecule has 2 atom stereocenters. The number of hydrogen-bond donors (Lipinski definition) is 0. The van der Waals surface area contributed by atoms with E-state index >= 15 is 0 Å². The third-order valence-electron chi connectivity index (χ3n) is 5.83. The SMILES string of the molecule is C/C=C/C[C@@]12CCC(=O)C[C@H]1CCC1=C2CC=C(OC)C1. The van der Waals surface area contributed by atoms with Crippen LogP contribution in [0.25, 0.3) is 0 Å². The van der Waals surface area contributed by atoms with Crippen molar-refractivity contribution in [2.24, 2.45) is 11.3 Å². The van der Waals surface area contributed by atoms with Gasteiger partial charge in [0.1, 0.15) is 5.78 Å². The van der Waals surface area contributed by atoms with Crippen LogP contribution in [0.4, 0.5) is 0 Å². The molecule has 0 aromatic rings. The quantitative estimate of drug-likeness (QED) is 0.701. The number of ketones is 1. The molecule has 0 heterocycles. The van der Waals surface area contributed by atoms with Crippen LogP contribution in [-0.2, 0) is 9.53 Å². The maximum absolute atomic E-state index is 11.9. The van der Waals surface area contributed by atoms with Gasteiger partial charge in [-0.3, -0.25) is 4.79 Å². The molecule has 2 nitrogen and oxygen atoms in total. The minimum absolute atomic E-state index is 0.254. The van der Waals surface area contributed by atoms with Gasteiger partial charge in [-0.05, 0) is 56.4 Å². The van der Waals surface area contributed by atoms with E-state index in [2.05, 4.69) is 25.2 Å². The molecule has 0 aliphatic heterocycles. The van der Waals surface area contributed by atoms with E-state index < -0.39 is 0 Å². The Hall–Kier alpha value is -1.31. The first kappa shape index (κ1) is 14.6. The molecule has 2 heteroatoms. The summed E-state index contributed by atoms with van der Waals surface area (Å²) in [4.78, 5) is 11.9. The van der Waals surface area contributed by atoms with Gasteiger partial charge in [0.15, 0.2) is 0 Å². The van der Waals surface area contributed by atoms with E-state index in [4.69, 9.17) is 4.74 Å². The summed E-state index contributed by atoms with van der Waals surface area (Å²) in [6.07, 6.45) is 14.8. The first-order valence-corrected chi connectivity index (χ1v) is 8.27. The Morgan fingerprint density at radius 2 is 2.29 bits per heavy atom. The second-order valence-electron chi connectivity index (χ2n) is 6.75. The molecule has 1 fully saturated rings. The van der Waals surface area contributed by atoms with Crippen molar-refractivity contribution in [3.05, 3.63) is 35.1 Å². The minimum atomic E-state index is 0.254. The first-order chi connectivity index (χ1) is 10.2. The number of hydrogen-bond acceptors (Lipinski definition) is 2. The van der Waals surface area contributed by atoms with Crippen molar-refractivity contribution in [2.75, 3.05) is 7.11 Å². The molecule has 0 saturated heterocycles. The van der Waals surface area contributed by atoms with Crippen molar-refractivity contribution in [3.63, 3.8) is 0 Å². The van der Waals surface area contributed by atoms with Crippen LogP contribution in [-0.4, -0.2) is 12.9 Å². The van der Waals surface area contributed by atoms with Gasteiger partial charge >= 0.3 is 0 Å². The molecule has 0 amide bonds. The Kier molecular flexibility index (Phi) is 4.05. The van der Waals surface area contributed by atoms with Crippen LogP contribution in [0.2, 0.25) is 0 Å². The number of fused-ring (bicyclic) bond motifs is 2. The lowest BCUT2D eigenvalue weighted by atomic mass is 9.54. The lowest BCUT2D eigenvalue weighted by molar-refractivity contribution is -0.124. The number of methoxy groups -OCH3 is 1. The van der Waals surface area contributed by atoms with Gasteiger partial charge in [0.2, 0.25) is 0 Å². The fraction of sp³-hybridized carbons (Fsp3) is 0.632. The van der Waals surface area contributed by atoms with Gasteiger partial charge in [-0.1, -0.05) is 23.3 Å². The summed E-state index contributed by atoms with van der Waals surface area (Å²) >= 11 is 0. The highest BCUT2D eigenvalue weighted by Crippen LogP contribution is 2.57. The molecule has 0 aromatic carbocycles. The number of rotatable bonds is 3. The van der Waals surface area contributed by atoms with Crippen LogP contribution >= 0.6 is 0 Å². The molecule has 0 bridgehead atoms. The summed E-state index contributed by atoms with van der Waals surface area (Å²) in [6.45, 7) is 2.10. The van der Waals surface area contributed by atoms with Gasteiger partial charge in [-0.2, -0.15) is 0 Å². The predicted octanol–water partition coefficient (Wildman–Crippen LogP) is 4.72. The predicted molar refractivity (Wildman–Crippen MR) is 84.8 cm³/mol. The molecule has 0 unspecified atom stereocenters. The zero-order valence-electron chi connectivity index (χ0n) is 13.3. The van der Waals surface area contributed by atoms with Gasteiger partial charge in [0.05, 0.1) is 12.9 Å². The van der Waals surface area contributed by atoms with Crippen molar-refractivity contribution >= 4 is 5.78 Å². The van der Waals surface area contributed by atoms with Crippen LogP contribution in [0.1, 0.15) is 58.3 Å². The zero-order chi connectivity index (χ0) is 14.9. The Balaban J connectivity index is 1.96. The Labute approximate surface area is 127 Å². The molecule has 3 rings (SSSR count). The second-order valence-corrected chi connectivity index (χ2v) is 6.75. The number of carbonyl (C=O) groups is 1. The summed E-state index contributed by atoms with van der Waals surface area (Å²) in [5.41, 5.74) is 3.50. The van der Waals surface area contributed by atoms with Crippen LogP contribution in [0.3, 0.4) is 0 Å². The lowest BCUT2D eigenvalue weighted by Gasteiger charge is -2.50. The van der Waals surface area contributed by atoms with Crippen LogP contribution in [0.15, 0.2) is 35.1 Å². The van der Waals surface area contributed by atoms with E-state index in [-0.39, 0.29) is 5.41 Å². The third-order valence-corrected chi connectivity index (χ3v) is 5.83. The second kappa shape index (κ2) is 5.82. The Bertz CT molecular complexity index is 524. The largest absolute Gasteiger partial charge is 0.501 e. The van der Waals surface area contributed by atoms with Gasteiger partial charge in [0.25, 0.3) is 0 Å². The average Bonchev–Trinajstić information content (AvgIpc) is 2.52. The Morgan fingerprint density at radius 1 is 1.43 bits per heavy atom. The fourth-order valence-electron chi connectivity index (χ4n) is 4.68. The molecule has 3 aliphatic carbocycles. The smallest absolute Gasteiger partial charge is 0.133 e. The van der Waals surface area contributed by atoms with Crippen LogP contribution in [0.5, 0.6) is 0 Å². The summed E-state index contributed by atoms with van der Waals surface area (Å²) in [5, 5.41) is 0. The number of Topliss-reactive ketones (excluding diaryl/α,β-unsaturated/α-hetero) is 1. The summed E-state index contributed by atoms with van der Waals surface area (Å²) in [7, 11) is 1.78. The number of carbonyl (C=O) groups excluding carboxylic acids is 1. The molecule has 3 aliphatic rings. The van der Waals surface area contributed by atoms with Crippen molar-refractivity contribution < 1.29 is 9.53 Å². The molecule has 114 valence electrons. The van der Waals surface area contributed by atoms with E-state index in [0.29, 0.717) is 11.7 Å².